The number of halogens is 1. The molecule has 4 rings (SSSR count). The summed E-state index contributed by atoms with van der Waals surface area (Å²) in [5.41, 5.74) is -4.31. The minimum atomic E-state index is -1.86. The van der Waals surface area contributed by atoms with E-state index < -0.39 is 64.3 Å². The normalized spacial score (nSPS) is 56.4. The molecule has 8 heteroatoms. The summed E-state index contributed by atoms with van der Waals surface area (Å²) in [5.74, 6) is -2.43. The Kier molecular flexibility index (Phi) is 3.29. The van der Waals surface area contributed by atoms with Crippen LogP contribution in [0.2, 0.25) is 0 Å². The number of carbonyl (C=O) groups excluding carboxylic acids is 2. The van der Waals surface area contributed by atoms with Crippen LogP contribution in [0.1, 0.15) is 27.2 Å². The zero-order chi connectivity index (χ0) is 18.5. The molecule has 0 aromatic rings. The van der Waals surface area contributed by atoms with Crippen molar-refractivity contribution < 1.29 is 34.0 Å². The molecule has 2 N–H and O–H groups in total. The number of alkyl halides is 1. The third kappa shape index (κ3) is 1.87. The van der Waals surface area contributed by atoms with Gasteiger partial charge in [-0.3, -0.25) is 4.79 Å². The van der Waals surface area contributed by atoms with Gasteiger partial charge in [0.25, 0.3) is 0 Å². The number of hydrogen-bond acceptors (Lipinski definition) is 7. The van der Waals surface area contributed by atoms with E-state index in [0.29, 0.717) is 0 Å². The molecule has 2 saturated carbocycles. The lowest BCUT2D eigenvalue weighted by Crippen LogP contribution is -2.68. The summed E-state index contributed by atoms with van der Waals surface area (Å²) in [6.45, 7) is 8.20. The van der Waals surface area contributed by atoms with Crippen molar-refractivity contribution >= 4 is 23.5 Å². The van der Waals surface area contributed by atoms with Crippen LogP contribution in [-0.4, -0.2) is 62.6 Å². The fourth-order valence-electron chi connectivity index (χ4n) is 5.14. The van der Waals surface area contributed by atoms with Crippen LogP contribution >= 0.6 is 11.6 Å². The molecule has 0 bridgehead atoms. The molecule has 2 aliphatic carbocycles. The number of hydrogen-bond donors (Lipinski definition) is 2. The summed E-state index contributed by atoms with van der Waals surface area (Å²) >= 11 is 6.49. The predicted octanol–water partition coefficient (Wildman–Crippen LogP) is 0.296. The summed E-state index contributed by atoms with van der Waals surface area (Å²) in [7, 11) is 0. The number of fused-ring (bicyclic) bond motifs is 5. The lowest BCUT2D eigenvalue weighted by atomic mass is 9.70. The molecule has 2 saturated heterocycles. The highest BCUT2D eigenvalue weighted by molar-refractivity contribution is 6.22. The molecule has 25 heavy (non-hydrogen) atoms. The molecule has 7 nitrogen and oxygen atoms in total. The van der Waals surface area contributed by atoms with E-state index in [0.717, 1.165) is 0 Å². The van der Waals surface area contributed by atoms with Crippen molar-refractivity contribution in [2.75, 3.05) is 0 Å². The first-order valence-electron chi connectivity index (χ1n) is 8.30. The average molecular weight is 373 g/mol. The van der Waals surface area contributed by atoms with Gasteiger partial charge in [-0.2, -0.15) is 0 Å². The van der Waals surface area contributed by atoms with Crippen molar-refractivity contribution in [1.82, 2.24) is 0 Å². The largest absolute Gasteiger partial charge is 0.459 e. The molecule has 2 heterocycles. The van der Waals surface area contributed by atoms with Gasteiger partial charge in [0, 0.05) is 18.4 Å². The summed E-state index contributed by atoms with van der Waals surface area (Å²) in [6, 6.07) is 0. The van der Waals surface area contributed by atoms with E-state index >= 15 is 0 Å². The zero-order valence-corrected chi connectivity index (χ0v) is 14.9. The van der Waals surface area contributed by atoms with Gasteiger partial charge in [0.15, 0.2) is 0 Å². The molecular formula is C17H21ClO7. The van der Waals surface area contributed by atoms with Gasteiger partial charge in [-0.25, -0.2) is 4.79 Å². The first-order chi connectivity index (χ1) is 11.5. The number of rotatable bonds is 1. The minimum Gasteiger partial charge on any atom is -0.459 e. The van der Waals surface area contributed by atoms with Crippen molar-refractivity contribution in [3.8, 4) is 0 Å². The fourth-order valence-corrected chi connectivity index (χ4v) is 5.80. The highest BCUT2D eigenvalue weighted by Gasteiger charge is 2.84. The maximum Gasteiger partial charge on any atom is 0.334 e. The average Bonchev–Trinajstić information content (AvgIpc) is 3.07. The number of esters is 2. The molecule has 2 aliphatic heterocycles. The summed E-state index contributed by atoms with van der Waals surface area (Å²) in [6.07, 6.45) is -2.21. The summed E-state index contributed by atoms with van der Waals surface area (Å²) in [5, 5.41) is 21.9. The van der Waals surface area contributed by atoms with Crippen LogP contribution in [-0.2, 0) is 23.8 Å². The smallest absolute Gasteiger partial charge is 0.334 e. The number of carbonyl (C=O) groups is 2. The molecule has 0 aromatic carbocycles. The van der Waals surface area contributed by atoms with Crippen LogP contribution in [0.4, 0.5) is 0 Å². The molecule has 0 spiro atoms. The Balaban J connectivity index is 1.88. The van der Waals surface area contributed by atoms with Gasteiger partial charge >= 0.3 is 11.9 Å². The van der Waals surface area contributed by atoms with E-state index in [1.807, 2.05) is 0 Å². The Hall–Kier alpha value is -1.15. The number of ether oxygens (including phenoxy) is 3. The molecule has 9 atom stereocenters. The molecule has 0 aromatic heterocycles. The molecule has 9 unspecified atom stereocenters. The second-order valence-corrected chi connectivity index (χ2v) is 8.38. The van der Waals surface area contributed by atoms with Crippen LogP contribution in [0.15, 0.2) is 12.2 Å². The van der Waals surface area contributed by atoms with Crippen molar-refractivity contribution in [3.63, 3.8) is 0 Å². The second kappa shape index (κ2) is 4.76. The van der Waals surface area contributed by atoms with E-state index in [4.69, 9.17) is 25.8 Å². The Morgan fingerprint density at radius 3 is 2.64 bits per heavy atom. The first kappa shape index (κ1) is 17.3. The SMILES string of the molecule is C=C1C(=O)OC2C1CC(OC(C)=O)C(C)(O)C1(O)C(Cl)C3OC3(C)C21. The molecule has 138 valence electrons. The van der Waals surface area contributed by atoms with Gasteiger partial charge < -0.3 is 24.4 Å². The van der Waals surface area contributed by atoms with Gasteiger partial charge in [0.2, 0.25) is 0 Å². The third-order valence-electron chi connectivity index (χ3n) is 6.56. The quantitative estimate of drug-likeness (QED) is 0.295. The van der Waals surface area contributed by atoms with E-state index in [2.05, 4.69) is 6.58 Å². The Bertz CT molecular complexity index is 690. The van der Waals surface area contributed by atoms with E-state index in [-0.39, 0.29) is 12.0 Å². The molecule has 0 amide bonds. The highest BCUT2D eigenvalue weighted by Crippen LogP contribution is 2.67. The highest BCUT2D eigenvalue weighted by atomic mass is 35.5. The van der Waals surface area contributed by atoms with Gasteiger partial charge in [-0.1, -0.05) is 6.58 Å². The molecular weight excluding hydrogens is 352 g/mol. The van der Waals surface area contributed by atoms with Crippen molar-refractivity contribution in [2.24, 2.45) is 11.8 Å². The summed E-state index contributed by atoms with van der Waals surface area (Å²) in [4.78, 5) is 23.7. The van der Waals surface area contributed by atoms with Gasteiger partial charge in [-0.15, -0.1) is 11.6 Å². The second-order valence-electron chi connectivity index (χ2n) is 7.91. The van der Waals surface area contributed by atoms with E-state index in [1.54, 1.807) is 6.92 Å². The predicted molar refractivity (Wildman–Crippen MR) is 84.7 cm³/mol. The fraction of sp³-hybridized carbons (Fsp3) is 0.765. The third-order valence-corrected chi connectivity index (χ3v) is 7.12. The van der Waals surface area contributed by atoms with Crippen LogP contribution in [0.3, 0.4) is 0 Å². The maximum absolute atomic E-state index is 12.1. The Labute approximate surface area is 149 Å². The van der Waals surface area contributed by atoms with Crippen LogP contribution in [0.5, 0.6) is 0 Å². The number of aliphatic hydroxyl groups is 2. The lowest BCUT2D eigenvalue weighted by Gasteiger charge is -2.48. The lowest BCUT2D eigenvalue weighted by molar-refractivity contribution is -0.232. The molecule has 0 radical (unpaired) electrons. The van der Waals surface area contributed by atoms with Gasteiger partial charge in [0.1, 0.15) is 35.1 Å². The summed E-state index contributed by atoms with van der Waals surface area (Å²) < 4.78 is 16.5. The van der Waals surface area contributed by atoms with Crippen molar-refractivity contribution in [3.05, 3.63) is 12.2 Å². The van der Waals surface area contributed by atoms with E-state index in [9.17, 15) is 19.8 Å². The van der Waals surface area contributed by atoms with Crippen LogP contribution in [0.25, 0.3) is 0 Å². The molecule has 4 aliphatic rings. The first-order valence-corrected chi connectivity index (χ1v) is 8.73. The molecule has 4 fully saturated rings. The van der Waals surface area contributed by atoms with Crippen LogP contribution in [0, 0.1) is 11.8 Å². The zero-order valence-electron chi connectivity index (χ0n) is 14.2. The standard InChI is InChI=1S/C17H21ClO7/c1-6-8-5-9(23-7(2)19)16(4,21)17(22)11(10(8)24-14(6)20)15(3)13(25-15)12(17)18/h8-13,21-22H,1,5H2,2-4H3. The Morgan fingerprint density at radius 1 is 1.40 bits per heavy atom. The maximum atomic E-state index is 12.1. The van der Waals surface area contributed by atoms with E-state index in [1.165, 1.54) is 13.8 Å². The Morgan fingerprint density at radius 2 is 2.04 bits per heavy atom. The number of epoxide rings is 1. The van der Waals surface area contributed by atoms with Gasteiger partial charge in [-0.05, 0) is 20.3 Å². The monoisotopic (exact) mass is 372 g/mol. The van der Waals surface area contributed by atoms with Crippen molar-refractivity contribution in [1.29, 1.82) is 0 Å². The van der Waals surface area contributed by atoms with Crippen molar-refractivity contribution in [2.45, 2.75) is 67.7 Å². The van der Waals surface area contributed by atoms with Crippen LogP contribution < -0.4 is 0 Å². The topological polar surface area (TPSA) is 106 Å². The van der Waals surface area contributed by atoms with Gasteiger partial charge in [0.05, 0.1) is 11.3 Å². The minimum absolute atomic E-state index is 0.102.